The number of carbonyl (C=O) groups excluding carboxylic acids is 2. The smallest absolute Gasteiger partial charge is 0.344 e. The second-order valence-corrected chi connectivity index (χ2v) is 7.55. The minimum absolute atomic E-state index is 0.0418. The number of hydrogen-bond donors (Lipinski definition) is 0. The zero-order valence-electron chi connectivity index (χ0n) is 17.1. The molecule has 2 aromatic rings. The van der Waals surface area contributed by atoms with E-state index in [0.29, 0.717) is 17.7 Å². The molecule has 0 fully saturated rings. The first-order valence-electron chi connectivity index (χ1n) is 9.28. The van der Waals surface area contributed by atoms with Crippen LogP contribution in [0.2, 0.25) is 0 Å². The Morgan fingerprint density at radius 2 is 1.75 bits per heavy atom. The van der Waals surface area contributed by atoms with Crippen LogP contribution in [0.25, 0.3) is 0 Å². The van der Waals surface area contributed by atoms with Crippen molar-refractivity contribution in [2.24, 2.45) is 0 Å². The molecule has 0 aliphatic rings. The number of esters is 2. The molecule has 6 heteroatoms. The third-order valence-corrected chi connectivity index (χ3v) is 4.01. The van der Waals surface area contributed by atoms with Crippen molar-refractivity contribution in [3.8, 4) is 0 Å². The fourth-order valence-corrected chi connectivity index (χ4v) is 2.91. The summed E-state index contributed by atoms with van der Waals surface area (Å²) >= 11 is 0. The molecule has 0 saturated carbocycles. The Kier molecular flexibility index (Phi) is 6.78. The van der Waals surface area contributed by atoms with Crippen LogP contribution in [-0.4, -0.2) is 28.7 Å². The van der Waals surface area contributed by atoms with Crippen molar-refractivity contribution in [2.45, 2.75) is 53.2 Å². The van der Waals surface area contributed by atoms with Gasteiger partial charge < -0.3 is 14.0 Å². The van der Waals surface area contributed by atoms with E-state index in [-0.39, 0.29) is 18.7 Å². The molecule has 0 radical (unpaired) electrons. The lowest BCUT2D eigenvalue weighted by Gasteiger charge is -2.21. The molecule has 0 aliphatic carbocycles. The van der Waals surface area contributed by atoms with Crippen molar-refractivity contribution in [1.82, 2.24) is 4.57 Å². The van der Waals surface area contributed by atoms with Crippen molar-refractivity contribution in [3.63, 3.8) is 0 Å². The number of aryl methyl sites for hydroxylation is 1. The Labute approximate surface area is 165 Å². The van der Waals surface area contributed by atoms with Crippen LogP contribution in [0.3, 0.4) is 0 Å². The number of pyridine rings is 1. The normalized spacial score (nSPS) is 11.2. The van der Waals surface area contributed by atoms with Gasteiger partial charge in [-0.2, -0.15) is 0 Å². The summed E-state index contributed by atoms with van der Waals surface area (Å²) in [6.07, 6.45) is 0.415. The van der Waals surface area contributed by atoms with E-state index < -0.39 is 23.1 Å². The molecule has 1 aromatic carbocycles. The maximum absolute atomic E-state index is 13.1. The zero-order valence-corrected chi connectivity index (χ0v) is 17.1. The van der Waals surface area contributed by atoms with Crippen molar-refractivity contribution in [1.29, 1.82) is 0 Å². The van der Waals surface area contributed by atoms with E-state index >= 15 is 0 Å². The molecular formula is C22H27NO5. The maximum Gasteiger partial charge on any atom is 0.344 e. The molecule has 2 rings (SSSR count). The lowest BCUT2D eigenvalue weighted by atomic mass is 10.00. The van der Waals surface area contributed by atoms with Crippen molar-refractivity contribution in [3.05, 3.63) is 69.1 Å². The third-order valence-electron chi connectivity index (χ3n) is 4.01. The topological polar surface area (TPSA) is 74.6 Å². The van der Waals surface area contributed by atoms with Gasteiger partial charge >= 0.3 is 11.9 Å². The van der Waals surface area contributed by atoms with E-state index in [1.165, 1.54) is 4.57 Å². The molecule has 28 heavy (non-hydrogen) atoms. The number of nitrogens with zero attached hydrogens (tertiary/aromatic N) is 1. The van der Waals surface area contributed by atoms with E-state index in [9.17, 15) is 14.4 Å². The predicted molar refractivity (Wildman–Crippen MR) is 106 cm³/mol. The molecular weight excluding hydrogens is 358 g/mol. The van der Waals surface area contributed by atoms with Gasteiger partial charge in [-0.3, -0.25) is 9.59 Å². The van der Waals surface area contributed by atoms with Gasteiger partial charge in [-0.1, -0.05) is 30.3 Å². The van der Waals surface area contributed by atoms with Gasteiger partial charge in [-0.05, 0) is 58.2 Å². The minimum atomic E-state index is -0.684. The minimum Gasteiger partial charge on any atom is -0.462 e. The van der Waals surface area contributed by atoms with E-state index in [2.05, 4.69) is 0 Å². The standard InChI is InChI=1S/C22H27NO5/c1-6-27-21(26)19-17(13-16-10-8-7-9-11-16)12-15(2)23(20(19)25)14-18(24)28-22(3,4)5/h7-12H,6,13-14H2,1-5H3. The lowest BCUT2D eigenvalue weighted by Crippen LogP contribution is -2.35. The van der Waals surface area contributed by atoms with Gasteiger partial charge in [-0.25, -0.2) is 4.79 Å². The van der Waals surface area contributed by atoms with Gasteiger partial charge in [0.25, 0.3) is 5.56 Å². The monoisotopic (exact) mass is 385 g/mol. The summed E-state index contributed by atoms with van der Waals surface area (Å²) in [5.41, 5.74) is 0.875. The fourth-order valence-electron chi connectivity index (χ4n) is 2.91. The predicted octanol–water partition coefficient (Wildman–Crippen LogP) is 3.27. The fraction of sp³-hybridized carbons (Fsp3) is 0.409. The van der Waals surface area contributed by atoms with Crippen LogP contribution < -0.4 is 5.56 Å². The summed E-state index contributed by atoms with van der Waals surface area (Å²) in [6, 6.07) is 11.3. The summed E-state index contributed by atoms with van der Waals surface area (Å²) < 4.78 is 11.7. The molecule has 0 aliphatic heterocycles. The van der Waals surface area contributed by atoms with Gasteiger partial charge in [0.15, 0.2) is 0 Å². The van der Waals surface area contributed by atoms with Crippen LogP contribution in [0, 0.1) is 6.92 Å². The number of hydrogen-bond acceptors (Lipinski definition) is 5. The summed E-state index contributed by atoms with van der Waals surface area (Å²) in [6.45, 7) is 8.58. The van der Waals surface area contributed by atoms with Gasteiger partial charge in [-0.15, -0.1) is 0 Å². The molecule has 1 heterocycles. The largest absolute Gasteiger partial charge is 0.462 e. The highest BCUT2D eigenvalue weighted by Gasteiger charge is 2.23. The van der Waals surface area contributed by atoms with Crippen LogP contribution in [0.1, 0.15) is 54.9 Å². The van der Waals surface area contributed by atoms with Crippen molar-refractivity contribution < 1.29 is 19.1 Å². The quantitative estimate of drug-likeness (QED) is 0.714. The molecule has 0 amide bonds. The maximum atomic E-state index is 13.1. The first-order valence-corrected chi connectivity index (χ1v) is 9.28. The van der Waals surface area contributed by atoms with E-state index in [1.54, 1.807) is 40.7 Å². The Morgan fingerprint density at radius 3 is 2.32 bits per heavy atom. The van der Waals surface area contributed by atoms with Gasteiger partial charge in [0.2, 0.25) is 0 Å². The molecule has 0 N–H and O–H groups in total. The van der Waals surface area contributed by atoms with Crippen LogP contribution in [0.4, 0.5) is 0 Å². The molecule has 0 bridgehead atoms. The van der Waals surface area contributed by atoms with Crippen molar-refractivity contribution >= 4 is 11.9 Å². The van der Waals surface area contributed by atoms with E-state index in [0.717, 1.165) is 5.56 Å². The van der Waals surface area contributed by atoms with Crippen molar-refractivity contribution in [2.75, 3.05) is 6.61 Å². The Bertz CT molecular complexity index is 907. The van der Waals surface area contributed by atoms with Gasteiger partial charge in [0.1, 0.15) is 17.7 Å². The SMILES string of the molecule is CCOC(=O)c1c(Cc2ccccc2)cc(C)n(CC(=O)OC(C)(C)C)c1=O. The molecule has 0 saturated heterocycles. The van der Waals surface area contributed by atoms with E-state index in [4.69, 9.17) is 9.47 Å². The van der Waals surface area contributed by atoms with Gasteiger partial charge in [0.05, 0.1) is 6.61 Å². The van der Waals surface area contributed by atoms with Crippen LogP contribution in [-0.2, 0) is 27.2 Å². The number of rotatable bonds is 6. The Balaban J connectivity index is 2.49. The Hall–Kier alpha value is -2.89. The molecule has 0 atom stereocenters. The zero-order chi connectivity index (χ0) is 20.9. The first kappa shape index (κ1) is 21.4. The van der Waals surface area contributed by atoms with Gasteiger partial charge in [0, 0.05) is 5.69 Å². The summed E-state index contributed by atoms with van der Waals surface area (Å²) in [7, 11) is 0. The molecule has 0 spiro atoms. The van der Waals surface area contributed by atoms with Crippen LogP contribution in [0.5, 0.6) is 0 Å². The number of benzene rings is 1. The Morgan fingerprint density at radius 1 is 1.11 bits per heavy atom. The number of aromatic nitrogens is 1. The average Bonchev–Trinajstić information content (AvgIpc) is 2.58. The lowest BCUT2D eigenvalue weighted by molar-refractivity contribution is -0.155. The highest BCUT2D eigenvalue weighted by atomic mass is 16.6. The molecule has 0 unspecified atom stereocenters. The first-order chi connectivity index (χ1) is 13.1. The molecule has 1 aromatic heterocycles. The number of ether oxygens (including phenoxy) is 2. The summed E-state index contributed by atoms with van der Waals surface area (Å²) in [4.78, 5) is 37.8. The molecule has 6 nitrogen and oxygen atoms in total. The number of carbonyl (C=O) groups is 2. The summed E-state index contributed by atoms with van der Waals surface area (Å²) in [5, 5.41) is 0. The second kappa shape index (κ2) is 8.87. The highest BCUT2D eigenvalue weighted by Crippen LogP contribution is 2.16. The van der Waals surface area contributed by atoms with Crippen LogP contribution >= 0.6 is 0 Å². The highest BCUT2D eigenvalue weighted by molar-refractivity contribution is 5.91. The second-order valence-electron chi connectivity index (χ2n) is 7.55. The summed E-state index contributed by atoms with van der Waals surface area (Å²) in [5.74, 6) is -1.22. The van der Waals surface area contributed by atoms with Crippen LogP contribution in [0.15, 0.2) is 41.2 Å². The third kappa shape index (κ3) is 5.55. The van der Waals surface area contributed by atoms with E-state index in [1.807, 2.05) is 30.3 Å². The molecule has 150 valence electrons. The average molecular weight is 385 g/mol.